The molecule has 1 atom stereocenters. The number of aryl methyl sites for hydroxylation is 1. The van der Waals surface area contributed by atoms with E-state index in [9.17, 15) is 9.59 Å². The van der Waals surface area contributed by atoms with Crippen LogP contribution < -0.4 is 5.32 Å². The molecule has 1 aromatic carbocycles. The van der Waals surface area contributed by atoms with E-state index in [4.69, 9.17) is 16.3 Å². The van der Waals surface area contributed by atoms with E-state index in [1.807, 2.05) is 19.1 Å². The summed E-state index contributed by atoms with van der Waals surface area (Å²) in [5, 5.41) is 3.48. The average Bonchev–Trinajstić information content (AvgIpc) is 3.12. The molecule has 0 aliphatic carbocycles. The maximum Gasteiger partial charge on any atom is 0.321 e. The van der Waals surface area contributed by atoms with Gasteiger partial charge in [-0.05, 0) is 37.5 Å². The number of carbonyl (C=O) groups is 2. The van der Waals surface area contributed by atoms with E-state index >= 15 is 0 Å². The van der Waals surface area contributed by atoms with E-state index in [2.05, 4.69) is 5.32 Å². The van der Waals surface area contributed by atoms with Gasteiger partial charge in [-0.25, -0.2) is 4.79 Å². The summed E-state index contributed by atoms with van der Waals surface area (Å²) in [4.78, 5) is 28.2. The fraction of sp³-hybridized carbons (Fsp3) is 0.529. The van der Waals surface area contributed by atoms with Gasteiger partial charge in [0.15, 0.2) is 0 Å². The van der Waals surface area contributed by atoms with Gasteiger partial charge < -0.3 is 19.9 Å². The number of urea groups is 1. The van der Waals surface area contributed by atoms with Gasteiger partial charge in [0, 0.05) is 43.5 Å². The third kappa shape index (κ3) is 3.82. The molecule has 2 saturated heterocycles. The van der Waals surface area contributed by atoms with E-state index in [0.717, 1.165) is 18.4 Å². The largest absolute Gasteiger partial charge is 0.368 e. The first-order valence-electron chi connectivity index (χ1n) is 8.27. The highest BCUT2D eigenvalue weighted by atomic mass is 35.5. The van der Waals surface area contributed by atoms with Crippen LogP contribution in [0.4, 0.5) is 10.5 Å². The van der Waals surface area contributed by atoms with Gasteiger partial charge >= 0.3 is 6.03 Å². The number of nitrogens with zero attached hydrogens (tertiary/aromatic N) is 2. The van der Waals surface area contributed by atoms with Crippen LogP contribution in [-0.2, 0) is 9.53 Å². The van der Waals surface area contributed by atoms with Crippen molar-refractivity contribution in [2.75, 3.05) is 38.1 Å². The predicted octanol–water partition coefficient (Wildman–Crippen LogP) is 2.50. The van der Waals surface area contributed by atoms with Crippen molar-refractivity contribution in [2.45, 2.75) is 25.9 Å². The quantitative estimate of drug-likeness (QED) is 0.890. The second-order valence-electron chi connectivity index (χ2n) is 6.21. The smallest absolute Gasteiger partial charge is 0.321 e. The lowest BCUT2D eigenvalue weighted by Crippen LogP contribution is -2.53. The van der Waals surface area contributed by atoms with E-state index in [-0.39, 0.29) is 18.0 Å². The molecule has 1 aromatic rings. The molecular weight excluding hydrogens is 330 g/mol. The molecule has 130 valence electrons. The summed E-state index contributed by atoms with van der Waals surface area (Å²) in [6.07, 6.45) is 1.45. The highest BCUT2D eigenvalue weighted by molar-refractivity contribution is 6.31. The molecule has 6 nitrogen and oxygen atoms in total. The van der Waals surface area contributed by atoms with Gasteiger partial charge in [0.25, 0.3) is 5.91 Å². The van der Waals surface area contributed by atoms with Crippen LogP contribution in [0.25, 0.3) is 0 Å². The Balaban J connectivity index is 1.51. The Morgan fingerprint density at radius 1 is 1.21 bits per heavy atom. The van der Waals surface area contributed by atoms with Crippen LogP contribution in [0.15, 0.2) is 18.2 Å². The van der Waals surface area contributed by atoms with Crippen molar-refractivity contribution in [3.05, 3.63) is 28.8 Å². The number of rotatable bonds is 2. The molecule has 2 fully saturated rings. The molecule has 0 radical (unpaired) electrons. The topological polar surface area (TPSA) is 61.9 Å². The van der Waals surface area contributed by atoms with Gasteiger partial charge in [-0.1, -0.05) is 17.7 Å². The number of hydrogen-bond acceptors (Lipinski definition) is 3. The van der Waals surface area contributed by atoms with Gasteiger partial charge in [-0.3, -0.25) is 4.79 Å². The van der Waals surface area contributed by atoms with Crippen LogP contribution in [0, 0.1) is 6.92 Å². The standard InChI is InChI=1S/C17H22ClN3O3/c1-12-4-5-13(11-14(12)18)19-17(23)21-8-6-20(7-9-21)16(22)15-3-2-10-24-15/h4-5,11,15H,2-3,6-10H2,1H3,(H,19,23)/t15-/m1/s1. The van der Waals surface area contributed by atoms with E-state index in [0.29, 0.717) is 43.5 Å². The molecular formula is C17H22ClN3O3. The minimum atomic E-state index is -0.292. The van der Waals surface area contributed by atoms with Gasteiger partial charge in [0.2, 0.25) is 0 Å². The fourth-order valence-corrected chi connectivity index (χ4v) is 3.16. The zero-order chi connectivity index (χ0) is 17.1. The van der Waals surface area contributed by atoms with Crippen molar-refractivity contribution in [2.24, 2.45) is 0 Å². The molecule has 24 heavy (non-hydrogen) atoms. The number of ether oxygens (including phenoxy) is 1. The Bertz CT molecular complexity index is 624. The SMILES string of the molecule is Cc1ccc(NC(=O)N2CCN(C(=O)[C@H]3CCCO3)CC2)cc1Cl. The maximum absolute atomic E-state index is 12.3. The molecule has 0 aromatic heterocycles. The first-order valence-corrected chi connectivity index (χ1v) is 8.65. The molecule has 2 heterocycles. The summed E-state index contributed by atoms with van der Waals surface area (Å²) in [6.45, 7) is 4.70. The first kappa shape index (κ1) is 17.0. The number of nitrogens with one attached hydrogen (secondary N) is 1. The van der Waals surface area contributed by atoms with Crippen LogP contribution in [-0.4, -0.2) is 60.6 Å². The molecule has 0 saturated carbocycles. The third-order valence-corrected chi connectivity index (χ3v) is 4.91. The molecule has 0 unspecified atom stereocenters. The van der Waals surface area contributed by atoms with Crippen molar-refractivity contribution in [3.8, 4) is 0 Å². The maximum atomic E-state index is 12.3. The van der Waals surface area contributed by atoms with Gasteiger partial charge in [-0.2, -0.15) is 0 Å². The predicted molar refractivity (Wildman–Crippen MR) is 92.3 cm³/mol. The number of amides is 3. The number of piperazine rings is 1. The normalized spacial score (nSPS) is 21.0. The Morgan fingerprint density at radius 2 is 1.92 bits per heavy atom. The van der Waals surface area contributed by atoms with Crippen LogP contribution in [0.3, 0.4) is 0 Å². The summed E-state index contributed by atoms with van der Waals surface area (Å²) in [6, 6.07) is 5.28. The number of hydrogen-bond donors (Lipinski definition) is 1. The molecule has 1 N–H and O–H groups in total. The molecule has 3 amide bonds. The molecule has 7 heteroatoms. The van der Waals surface area contributed by atoms with Crippen LogP contribution in [0.5, 0.6) is 0 Å². The lowest BCUT2D eigenvalue weighted by molar-refractivity contribution is -0.142. The van der Waals surface area contributed by atoms with Crippen LogP contribution >= 0.6 is 11.6 Å². The number of benzene rings is 1. The Kier molecular flexibility index (Phi) is 5.26. The van der Waals surface area contributed by atoms with Gasteiger partial charge in [-0.15, -0.1) is 0 Å². The summed E-state index contributed by atoms with van der Waals surface area (Å²) in [5.74, 6) is 0.0536. The summed E-state index contributed by atoms with van der Waals surface area (Å²) >= 11 is 6.08. The zero-order valence-electron chi connectivity index (χ0n) is 13.8. The van der Waals surface area contributed by atoms with E-state index in [1.54, 1.807) is 15.9 Å². The van der Waals surface area contributed by atoms with E-state index < -0.39 is 0 Å². The molecule has 2 aliphatic rings. The Morgan fingerprint density at radius 3 is 2.54 bits per heavy atom. The molecule has 3 rings (SSSR count). The van der Waals surface area contributed by atoms with Crippen molar-refractivity contribution in [1.82, 2.24) is 9.80 Å². The minimum Gasteiger partial charge on any atom is -0.368 e. The lowest BCUT2D eigenvalue weighted by atomic mass is 10.2. The lowest BCUT2D eigenvalue weighted by Gasteiger charge is -2.35. The molecule has 2 aliphatic heterocycles. The number of anilines is 1. The summed E-state index contributed by atoms with van der Waals surface area (Å²) < 4.78 is 5.45. The Hall–Kier alpha value is -1.79. The highest BCUT2D eigenvalue weighted by Crippen LogP contribution is 2.21. The average molecular weight is 352 g/mol. The van der Waals surface area contributed by atoms with Crippen LogP contribution in [0.1, 0.15) is 18.4 Å². The van der Waals surface area contributed by atoms with Crippen molar-refractivity contribution in [3.63, 3.8) is 0 Å². The third-order valence-electron chi connectivity index (χ3n) is 4.51. The van der Waals surface area contributed by atoms with Crippen LogP contribution in [0.2, 0.25) is 5.02 Å². The minimum absolute atomic E-state index is 0.0536. The van der Waals surface area contributed by atoms with Crippen molar-refractivity contribution in [1.29, 1.82) is 0 Å². The highest BCUT2D eigenvalue weighted by Gasteiger charge is 2.31. The van der Waals surface area contributed by atoms with Crippen molar-refractivity contribution >= 4 is 29.2 Å². The summed E-state index contributed by atoms with van der Waals surface area (Å²) in [7, 11) is 0. The monoisotopic (exact) mass is 351 g/mol. The number of carbonyl (C=O) groups excluding carboxylic acids is 2. The number of halogens is 1. The second kappa shape index (κ2) is 7.40. The van der Waals surface area contributed by atoms with Gasteiger partial charge in [0.1, 0.15) is 6.10 Å². The van der Waals surface area contributed by atoms with E-state index in [1.165, 1.54) is 0 Å². The fourth-order valence-electron chi connectivity index (χ4n) is 2.98. The first-order chi connectivity index (χ1) is 11.5. The van der Waals surface area contributed by atoms with Crippen molar-refractivity contribution < 1.29 is 14.3 Å². The second-order valence-corrected chi connectivity index (χ2v) is 6.62. The van der Waals surface area contributed by atoms with Gasteiger partial charge in [0.05, 0.1) is 0 Å². The molecule has 0 spiro atoms. The molecule has 0 bridgehead atoms. The zero-order valence-corrected chi connectivity index (χ0v) is 14.5. The Labute approximate surface area is 146 Å². The summed E-state index contributed by atoms with van der Waals surface area (Å²) in [5.41, 5.74) is 1.64.